The number of carbonyl (C=O) groups is 1. The molecule has 1 amide bonds. The number of primary amides is 1. The van der Waals surface area contributed by atoms with Crippen LogP contribution in [0.25, 0.3) is 11.4 Å². The average molecular weight is 365 g/mol. The third-order valence-electron chi connectivity index (χ3n) is 4.58. The summed E-state index contributed by atoms with van der Waals surface area (Å²) < 4.78 is 5.23. The Kier molecular flexibility index (Phi) is 6.14. The minimum absolute atomic E-state index is 0.254. The normalized spacial score (nSPS) is 11.9. The number of nitrogens with zero attached hydrogens (tertiary/aromatic N) is 3. The highest BCUT2D eigenvalue weighted by molar-refractivity contribution is 5.73. The summed E-state index contributed by atoms with van der Waals surface area (Å²) in [5, 5.41) is 14.2. The lowest BCUT2D eigenvalue weighted by molar-refractivity contribution is -0.118. The van der Waals surface area contributed by atoms with Gasteiger partial charge in [0, 0.05) is 12.0 Å². The molecule has 27 heavy (non-hydrogen) atoms. The first-order valence-electron chi connectivity index (χ1n) is 8.90. The van der Waals surface area contributed by atoms with E-state index in [2.05, 4.69) is 44.9 Å². The molecule has 140 valence electrons. The molecule has 0 saturated carbocycles. The van der Waals surface area contributed by atoms with Gasteiger partial charge < -0.3 is 10.5 Å². The molecular formula is C20H23N5O2. The average Bonchev–Trinajstić information content (AvgIpc) is 3.22. The Morgan fingerprint density at radius 2 is 2.04 bits per heavy atom. The summed E-state index contributed by atoms with van der Waals surface area (Å²) in [6.07, 6.45) is 2.87. The predicted molar refractivity (Wildman–Crippen MR) is 102 cm³/mol. The monoisotopic (exact) mass is 365 g/mol. The number of benzene rings is 2. The molecule has 0 aliphatic carbocycles. The third kappa shape index (κ3) is 5.13. The second kappa shape index (κ2) is 8.93. The molecule has 7 heteroatoms. The highest BCUT2D eigenvalue weighted by Gasteiger charge is 2.15. The molecule has 1 aromatic heterocycles. The number of tetrazole rings is 1. The number of nitrogens with two attached hydrogens (primary N) is 1. The molecule has 3 N–H and O–H groups in total. The molecule has 1 unspecified atom stereocenters. The number of nitrogens with one attached hydrogen (secondary N) is 1. The van der Waals surface area contributed by atoms with Crippen molar-refractivity contribution in [1.29, 1.82) is 0 Å². The van der Waals surface area contributed by atoms with E-state index >= 15 is 0 Å². The van der Waals surface area contributed by atoms with E-state index in [1.165, 1.54) is 11.1 Å². The van der Waals surface area contributed by atoms with Crippen LogP contribution in [0.2, 0.25) is 0 Å². The molecule has 1 heterocycles. The zero-order chi connectivity index (χ0) is 19.1. The number of hydrogen-bond acceptors (Lipinski definition) is 5. The first-order valence-corrected chi connectivity index (χ1v) is 8.90. The largest absolute Gasteiger partial charge is 0.497 e. The van der Waals surface area contributed by atoms with Crippen molar-refractivity contribution in [2.24, 2.45) is 5.73 Å². The first-order chi connectivity index (χ1) is 13.2. The summed E-state index contributed by atoms with van der Waals surface area (Å²) >= 11 is 0. The Balaban J connectivity index is 1.82. The van der Waals surface area contributed by atoms with E-state index in [0.29, 0.717) is 12.2 Å². The molecule has 0 saturated heterocycles. The molecule has 0 fully saturated rings. The summed E-state index contributed by atoms with van der Waals surface area (Å²) in [6, 6.07) is 16.2. The van der Waals surface area contributed by atoms with Crippen LogP contribution in [0.1, 0.15) is 36.3 Å². The summed E-state index contributed by atoms with van der Waals surface area (Å²) in [7, 11) is 1.66. The fraction of sp³-hybridized carbons (Fsp3) is 0.300. The SMILES string of the molecule is COc1ccc(CC(CCCC(N)=O)c2cccc(-c3nn[nH]n3)c2)cc1. The molecular weight excluding hydrogens is 342 g/mol. The number of aromatic nitrogens is 4. The fourth-order valence-corrected chi connectivity index (χ4v) is 3.17. The van der Waals surface area contributed by atoms with Crippen LogP contribution in [0.3, 0.4) is 0 Å². The van der Waals surface area contributed by atoms with Gasteiger partial charge >= 0.3 is 0 Å². The summed E-state index contributed by atoms with van der Waals surface area (Å²) in [5.74, 6) is 1.39. The molecule has 0 spiro atoms. The Hall–Kier alpha value is -3.22. The van der Waals surface area contributed by atoms with E-state index in [1.54, 1.807) is 7.11 Å². The van der Waals surface area contributed by atoms with Gasteiger partial charge in [-0.1, -0.05) is 30.3 Å². The molecule has 0 radical (unpaired) electrons. The maximum Gasteiger partial charge on any atom is 0.217 e. The second-order valence-corrected chi connectivity index (χ2v) is 6.47. The van der Waals surface area contributed by atoms with Crippen LogP contribution in [0.4, 0.5) is 0 Å². The van der Waals surface area contributed by atoms with Crippen molar-refractivity contribution >= 4 is 5.91 Å². The highest BCUT2D eigenvalue weighted by Crippen LogP contribution is 2.29. The molecule has 7 nitrogen and oxygen atoms in total. The molecule has 3 rings (SSSR count). The van der Waals surface area contributed by atoms with Gasteiger partial charge in [-0.3, -0.25) is 4.79 Å². The van der Waals surface area contributed by atoms with Crippen molar-refractivity contribution in [1.82, 2.24) is 20.6 Å². The van der Waals surface area contributed by atoms with Crippen molar-refractivity contribution in [2.75, 3.05) is 7.11 Å². The van der Waals surface area contributed by atoms with Crippen molar-refractivity contribution in [3.8, 4) is 17.1 Å². The lowest BCUT2D eigenvalue weighted by atomic mass is 9.87. The van der Waals surface area contributed by atoms with Gasteiger partial charge in [-0.15, -0.1) is 10.2 Å². The van der Waals surface area contributed by atoms with Crippen molar-refractivity contribution in [3.05, 3.63) is 59.7 Å². The van der Waals surface area contributed by atoms with Crippen LogP contribution >= 0.6 is 0 Å². The fourth-order valence-electron chi connectivity index (χ4n) is 3.17. The van der Waals surface area contributed by atoms with E-state index in [-0.39, 0.29) is 11.8 Å². The highest BCUT2D eigenvalue weighted by atomic mass is 16.5. The number of amides is 1. The van der Waals surface area contributed by atoms with Crippen molar-refractivity contribution in [3.63, 3.8) is 0 Å². The maximum atomic E-state index is 11.1. The smallest absolute Gasteiger partial charge is 0.217 e. The third-order valence-corrected chi connectivity index (χ3v) is 4.58. The maximum absolute atomic E-state index is 11.1. The predicted octanol–water partition coefficient (Wildman–Crippen LogP) is 2.86. The number of hydrogen-bond donors (Lipinski definition) is 2. The Morgan fingerprint density at radius 3 is 2.70 bits per heavy atom. The van der Waals surface area contributed by atoms with E-state index in [9.17, 15) is 4.79 Å². The second-order valence-electron chi connectivity index (χ2n) is 6.47. The van der Waals surface area contributed by atoms with Crippen LogP contribution < -0.4 is 10.5 Å². The number of ether oxygens (including phenoxy) is 1. The zero-order valence-corrected chi connectivity index (χ0v) is 15.3. The van der Waals surface area contributed by atoms with Crippen LogP contribution in [0.5, 0.6) is 5.75 Å². The van der Waals surface area contributed by atoms with Gasteiger partial charge in [-0.05, 0) is 59.7 Å². The van der Waals surface area contributed by atoms with E-state index in [0.717, 1.165) is 30.6 Å². The van der Waals surface area contributed by atoms with Gasteiger partial charge in [0.25, 0.3) is 0 Å². The Morgan fingerprint density at radius 1 is 1.22 bits per heavy atom. The topological polar surface area (TPSA) is 107 Å². The van der Waals surface area contributed by atoms with Crippen molar-refractivity contribution in [2.45, 2.75) is 31.6 Å². The Labute approximate surface area is 157 Å². The molecule has 3 aromatic rings. The van der Waals surface area contributed by atoms with E-state index in [4.69, 9.17) is 10.5 Å². The quantitative estimate of drug-likeness (QED) is 0.606. The molecule has 1 atom stereocenters. The number of rotatable bonds is 9. The number of methoxy groups -OCH3 is 1. The molecule has 2 aromatic carbocycles. The summed E-state index contributed by atoms with van der Waals surface area (Å²) in [5.41, 5.74) is 8.61. The van der Waals surface area contributed by atoms with E-state index < -0.39 is 0 Å². The minimum Gasteiger partial charge on any atom is -0.497 e. The first kappa shape index (κ1) is 18.6. The van der Waals surface area contributed by atoms with Gasteiger partial charge in [-0.25, -0.2) is 0 Å². The van der Waals surface area contributed by atoms with E-state index in [1.807, 2.05) is 24.3 Å². The standard InChI is InChI=1S/C20H23N5O2/c1-27-18-10-8-14(9-11-18)12-15(5-3-7-19(21)26)16-4-2-6-17(13-16)20-22-24-25-23-20/h2,4,6,8-11,13,15H,3,5,7,12H2,1H3,(H2,21,26)(H,22,23,24,25). The zero-order valence-electron chi connectivity index (χ0n) is 15.3. The number of aromatic amines is 1. The van der Waals surface area contributed by atoms with Crippen LogP contribution in [0, 0.1) is 0 Å². The Bertz CT molecular complexity index is 862. The molecule has 0 aliphatic heterocycles. The van der Waals surface area contributed by atoms with Gasteiger partial charge in [0.1, 0.15) is 5.75 Å². The molecule has 0 bridgehead atoms. The van der Waals surface area contributed by atoms with Gasteiger partial charge in [0.15, 0.2) is 0 Å². The summed E-state index contributed by atoms with van der Waals surface area (Å²) in [6.45, 7) is 0. The van der Waals surface area contributed by atoms with Crippen LogP contribution in [-0.4, -0.2) is 33.6 Å². The summed E-state index contributed by atoms with van der Waals surface area (Å²) in [4.78, 5) is 11.1. The lowest BCUT2D eigenvalue weighted by Gasteiger charge is -2.18. The molecule has 0 aliphatic rings. The van der Waals surface area contributed by atoms with Gasteiger partial charge in [-0.2, -0.15) is 5.21 Å². The van der Waals surface area contributed by atoms with Gasteiger partial charge in [0.2, 0.25) is 11.7 Å². The number of carbonyl (C=O) groups excluding carboxylic acids is 1. The van der Waals surface area contributed by atoms with Crippen LogP contribution in [-0.2, 0) is 11.2 Å². The van der Waals surface area contributed by atoms with Gasteiger partial charge in [0.05, 0.1) is 7.11 Å². The number of H-pyrrole nitrogens is 1. The minimum atomic E-state index is -0.265. The van der Waals surface area contributed by atoms with Crippen molar-refractivity contribution < 1.29 is 9.53 Å². The lowest BCUT2D eigenvalue weighted by Crippen LogP contribution is -2.11. The van der Waals surface area contributed by atoms with Crippen LogP contribution in [0.15, 0.2) is 48.5 Å².